The number of carboxylic acid groups (broad SMARTS) is 1. The monoisotopic (exact) mass is 265 g/mol. The van der Waals surface area contributed by atoms with Crippen LogP contribution in [0.3, 0.4) is 0 Å². The summed E-state index contributed by atoms with van der Waals surface area (Å²) in [5, 5.41) is 8.73. The minimum atomic E-state index is -0.951. The van der Waals surface area contributed by atoms with Gasteiger partial charge in [0.2, 0.25) is 0 Å². The number of benzene rings is 1. The van der Waals surface area contributed by atoms with E-state index in [4.69, 9.17) is 9.84 Å². The lowest BCUT2D eigenvalue weighted by atomic mass is 10.0. The van der Waals surface area contributed by atoms with E-state index < -0.39 is 12.0 Å². The lowest BCUT2D eigenvalue weighted by Crippen LogP contribution is -2.39. The fraction of sp³-hybridized carbons (Fsp3) is 0.429. The van der Waals surface area contributed by atoms with E-state index in [0.717, 1.165) is 11.3 Å². The summed E-state index contributed by atoms with van der Waals surface area (Å²) in [5.74, 6) is -0.328. The van der Waals surface area contributed by atoms with Crippen LogP contribution in [-0.4, -0.2) is 48.5 Å². The highest BCUT2D eigenvalue weighted by atomic mass is 16.5. The van der Waals surface area contributed by atoms with E-state index in [1.165, 1.54) is 4.90 Å². The summed E-state index contributed by atoms with van der Waals surface area (Å²) in [5.41, 5.74) is 1.43. The number of rotatable bonds is 6. The van der Waals surface area contributed by atoms with Crippen LogP contribution >= 0.6 is 0 Å². The van der Waals surface area contributed by atoms with Gasteiger partial charge in [-0.1, -0.05) is 0 Å². The zero-order valence-electron chi connectivity index (χ0n) is 11.6. The van der Waals surface area contributed by atoms with Crippen LogP contribution in [0.4, 0.5) is 0 Å². The number of hydrogen-bond acceptors (Lipinski definition) is 4. The number of nitrogens with zero attached hydrogens (tertiary/aromatic N) is 1. The highest BCUT2D eigenvalue weighted by Gasteiger charge is 2.21. The van der Waals surface area contributed by atoms with E-state index in [0.29, 0.717) is 5.56 Å². The molecule has 0 saturated heterocycles. The third-order valence-corrected chi connectivity index (χ3v) is 3.10. The second-order valence-electron chi connectivity index (χ2n) is 4.53. The number of Topliss-reactive ketones (excluding diaryl/α,β-unsaturated/α-hetero) is 1. The molecule has 104 valence electrons. The molecule has 0 aliphatic heterocycles. The van der Waals surface area contributed by atoms with E-state index in [-0.39, 0.29) is 12.3 Å². The number of hydrogen-bond donors (Lipinski definition) is 1. The van der Waals surface area contributed by atoms with E-state index in [2.05, 4.69) is 0 Å². The van der Waals surface area contributed by atoms with E-state index >= 15 is 0 Å². The Hall–Kier alpha value is -1.88. The van der Waals surface area contributed by atoms with Crippen LogP contribution < -0.4 is 4.74 Å². The molecule has 0 radical (unpaired) electrons. The van der Waals surface area contributed by atoms with Gasteiger partial charge < -0.3 is 9.84 Å². The Bertz CT molecular complexity index is 484. The molecule has 1 aromatic rings. The number of carbonyl (C=O) groups excluding carboxylic acids is 1. The normalized spacial score (nSPS) is 12.3. The van der Waals surface area contributed by atoms with Crippen LogP contribution in [0, 0.1) is 6.92 Å². The fourth-order valence-corrected chi connectivity index (χ4v) is 1.82. The zero-order valence-corrected chi connectivity index (χ0v) is 11.6. The number of methoxy groups -OCH3 is 1. The van der Waals surface area contributed by atoms with Gasteiger partial charge in [0.1, 0.15) is 5.75 Å². The first-order chi connectivity index (χ1) is 8.86. The maximum Gasteiger partial charge on any atom is 0.317 e. The van der Waals surface area contributed by atoms with Crippen molar-refractivity contribution < 1.29 is 19.4 Å². The molecule has 5 nitrogen and oxygen atoms in total. The first kappa shape index (κ1) is 15.2. The van der Waals surface area contributed by atoms with Crippen LogP contribution in [0.1, 0.15) is 22.8 Å². The van der Waals surface area contributed by atoms with Crippen LogP contribution in [0.5, 0.6) is 5.75 Å². The van der Waals surface area contributed by atoms with Crippen LogP contribution in [0.2, 0.25) is 0 Å². The highest BCUT2D eigenvalue weighted by molar-refractivity contribution is 6.00. The van der Waals surface area contributed by atoms with Crippen LogP contribution in [-0.2, 0) is 4.79 Å². The van der Waals surface area contributed by atoms with Gasteiger partial charge >= 0.3 is 5.97 Å². The molecule has 0 spiro atoms. The molecule has 0 fully saturated rings. The van der Waals surface area contributed by atoms with Crippen molar-refractivity contribution in [2.45, 2.75) is 19.9 Å². The van der Waals surface area contributed by atoms with Crippen LogP contribution in [0.15, 0.2) is 18.2 Å². The molecule has 1 N–H and O–H groups in total. The quantitative estimate of drug-likeness (QED) is 0.791. The molecule has 1 rings (SSSR count). The average molecular weight is 265 g/mol. The van der Waals surface area contributed by atoms with Gasteiger partial charge in [-0.05, 0) is 44.7 Å². The Morgan fingerprint density at radius 1 is 1.42 bits per heavy atom. The van der Waals surface area contributed by atoms with Crippen molar-refractivity contribution in [2.24, 2.45) is 0 Å². The SMILES string of the molecule is COc1ccc(C(=O)C(C)N(C)CC(=O)O)cc1C. The number of aryl methyl sites for hydroxylation is 1. The van der Waals surface area contributed by atoms with Gasteiger partial charge in [-0.2, -0.15) is 0 Å². The van der Waals surface area contributed by atoms with Crippen molar-refractivity contribution in [1.82, 2.24) is 4.90 Å². The second-order valence-corrected chi connectivity index (χ2v) is 4.53. The molecule has 1 unspecified atom stereocenters. The summed E-state index contributed by atoms with van der Waals surface area (Å²) in [6.07, 6.45) is 0. The zero-order chi connectivity index (χ0) is 14.6. The molecule has 0 saturated carbocycles. The van der Waals surface area contributed by atoms with Gasteiger partial charge in [-0.3, -0.25) is 14.5 Å². The molecular formula is C14H19NO4. The molecule has 0 aliphatic carbocycles. The van der Waals surface area contributed by atoms with Gasteiger partial charge in [0.05, 0.1) is 19.7 Å². The third-order valence-electron chi connectivity index (χ3n) is 3.10. The highest BCUT2D eigenvalue weighted by Crippen LogP contribution is 2.20. The van der Waals surface area contributed by atoms with E-state index in [1.807, 2.05) is 6.92 Å². The molecule has 1 aromatic carbocycles. The van der Waals surface area contributed by atoms with Crippen LogP contribution in [0.25, 0.3) is 0 Å². The van der Waals surface area contributed by atoms with Gasteiger partial charge in [0.25, 0.3) is 0 Å². The summed E-state index contributed by atoms with van der Waals surface area (Å²) in [4.78, 5) is 24.4. The van der Waals surface area contributed by atoms with Gasteiger partial charge in [0.15, 0.2) is 5.78 Å². The standard InChI is InChI=1S/C14H19NO4/c1-9-7-11(5-6-12(9)19-4)14(18)10(2)15(3)8-13(16)17/h5-7,10H,8H2,1-4H3,(H,16,17). The molecule has 0 aliphatic rings. The van der Waals surface area contributed by atoms with Gasteiger partial charge in [-0.25, -0.2) is 0 Å². The predicted octanol–water partition coefficient (Wildman–Crippen LogP) is 1.59. The third kappa shape index (κ3) is 3.79. The lowest BCUT2D eigenvalue weighted by Gasteiger charge is -2.21. The number of carboxylic acids is 1. The molecule has 0 heterocycles. The van der Waals surface area contributed by atoms with Crippen molar-refractivity contribution in [2.75, 3.05) is 20.7 Å². The topological polar surface area (TPSA) is 66.8 Å². The van der Waals surface area contributed by atoms with Crippen molar-refractivity contribution in [3.63, 3.8) is 0 Å². The molecular weight excluding hydrogens is 246 g/mol. The summed E-state index contributed by atoms with van der Waals surface area (Å²) in [6, 6.07) is 4.71. The first-order valence-corrected chi connectivity index (χ1v) is 5.97. The van der Waals surface area contributed by atoms with Crippen molar-refractivity contribution in [3.05, 3.63) is 29.3 Å². The number of likely N-dealkylation sites (N-methyl/N-ethyl adjacent to an activating group) is 1. The largest absolute Gasteiger partial charge is 0.496 e. The Morgan fingerprint density at radius 3 is 2.53 bits per heavy atom. The maximum atomic E-state index is 12.2. The minimum absolute atomic E-state index is 0.102. The Morgan fingerprint density at radius 2 is 2.05 bits per heavy atom. The van der Waals surface area contributed by atoms with Crippen molar-refractivity contribution >= 4 is 11.8 Å². The molecule has 5 heteroatoms. The summed E-state index contributed by atoms with van der Waals surface area (Å²) in [6.45, 7) is 3.40. The average Bonchev–Trinajstić information content (AvgIpc) is 2.36. The minimum Gasteiger partial charge on any atom is -0.496 e. The predicted molar refractivity (Wildman–Crippen MR) is 71.8 cm³/mol. The Balaban J connectivity index is 2.88. The number of ether oxygens (including phenoxy) is 1. The smallest absolute Gasteiger partial charge is 0.317 e. The molecule has 0 aromatic heterocycles. The molecule has 19 heavy (non-hydrogen) atoms. The molecule has 1 atom stereocenters. The van der Waals surface area contributed by atoms with Crippen molar-refractivity contribution in [1.29, 1.82) is 0 Å². The number of ketones is 1. The number of carbonyl (C=O) groups is 2. The van der Waals surface area contributed by atoms with E-state index in [9.17, 15) is 9.59 Å². The number of aliphatic carboxylic acids is 1. The summed E-state index contributed by atoms with van der Waals surface area (Å²) >= 11 is 0. The fourth-order valence-electron chi connectivity index (χ4n) is 1.82. The second kappa shape index (κ2) is 6.33. The maximum absolute atomic E-state index is 12.2. The van der Waals surface area contributed by atoms with Gasteiger partial charge in [-0.15, -0.1) is 0 Å². The van der Waals surface area contributed by atoms with Gasteiger partial charge in [0, 0.05) is 5.56 Å². The van der Waals surface area contributed by atoms with E-state index in [1.54, 1.807) is 39.3 Å². The molecule has 0 bridgehead atoms. The lowest BCUT2D eigenvalue weighted by molar-refractivity contribution is -0.138. The van der Waals surface area contributed by atoms with Crippen molar-refractivity contribution in [3.8, 4) is 5.75 Å². The summed E-state index contributed by atoms with van der Waals surface area (Å²) < 4.78 is 5.14. The summed E-state index contributed by atoms with van der Waals surface area (Å²) in [7, 11) is 3.19. The molecule has 0 amide bonds. The Labute approximate surface area is 112 Å². The first-order valence-electron chi connectivity index (χ1n) is 5.97. The Kier molecular flexibility index (Phi) is 5.06.